The number of thiophene rings is 1. The van der Waals surface area contributed by atoms with Crippen LogP contribution in [0.5, 0.6) is 0 Å². The van der Waals surface area contributed by atoms with E-state index in [0.29, 0.717) is 12.0 Å². The minimum absolute atomic E-state index is 0.165. The van der Waals surface area contributed by atoms with E-state index in [0.717, 1.165) is 11.4 Å². The second-order valence-corrected chi connectivity index (χ2v) is 5.77. The molecule has 0 radical (unpaired) electrons. The summed E-state index contributed by atoms with van der Waals surface area (Å²) in [4.78, 5) is 1.28. The molecule has 1 unspecified atom stereocenters. The van der Waals surface area contributed by atoms with Gasteiger partial charge in [-0.1, -0.05) is 25.4 Å². The molecule has 0 amide bonds. The molecule has 1 aliphatic rings. The highest BCUT2D eigenvalue weighted by Gasteiger charge is 2.62. The summed E-state index contributed by atoms with van der Waals surface area (Å²) in [6, 6.07) is 1.97. The monoisotopic (exact) mass is 215 g/mol. The topological polar surface area (TPSA) is 26.0 Å². The Labute approximate surface area is 87.9 Å². The molecule has 2 rings (SSSR count). The van der Waals surface area contributed by atoms with Crippen LogP contribution in [0, 0.1) is 5.41 Å². The normalized spacial score (nSPS) is 30.5. The largest absolute Gasteiger partial charge is 0.330 e. The number of halogens is 1. The van der Waals surface area contributed by atoms with Gasteiger partial charge in [0.2, 0.25) is 0 Å². The van der Waals surface area contributed by atoms with Crippen LogP contribution in [0.15, 0.2) is 11.4 Å². The molecule has 3 heteroatoms. The quantitative estimate of drug-likeness (QED) is 0.807. The fourth-order valence-corrected chi connectivity index (χ4v) is 3.80. The Morgan fingerprint density at radius 3 is 2.54 bits per heavy atom. The van der Waals surface area contributed by atoms with E-state index < -0.39 is 0 Å². The van der Waals surface area contributed by atoms with Gasteiger partial charge in [0.05, 0.1) is 5.02 Å². The third-order valence-corrected chi connectivity index (χ3v) is 4.86. The van der Waals surface area contributed by atoms with E-state index >= 15 is 0 Å². The van der Waals surface area contributed by atoms with Crippen molar-refractivity contribution >= 4 is 22.9 Å². The Bertz CT molecular complexity index is 331. The zero-order chi connectivity index (χ0) is 9.69. The molecule has 1 heterocycles. The Morgan fingerprint density at radius 1 is 1.62 bits per heavy atom. The molecule has 13 heavy (non-hydrogen) atoms. The second kappa shape index (κ2) is 2.72. The van der Waals surface area contributed by atoms with Crippen molar-refractivity contribution < 1.29 is 0 Å². The lowest BCUT2D eigenvalue weighted by atomic mass is 9.94. The molecule has 0 aliphatic heterocycles. The molecule has 0 bridgehead atoms. The van der Waals surface area contributed by atoms with Crippen LogP contribution in [0.3, 0.4) is 0 Å². The maximum Gasteiger partial charge on any atom is 0.0551 e. The van der Waals surface area contributed by atoms with Crippen molar-refractivity contribution in [3.8, 4) is 0 Å². The van der Waals surface area contributed by atoms with Crippen molar-refractivity contribution in [2.24, 2.45) is 11.1 Å². The van der Waals surface area contributed by atoms with E-state index in [2.05, 4.69) is 13.8 Å². The van der Waals surface area contributed by atoms with Gasteiger partial charge >= 0.3 is 0 Å². The van der Waals surface area contributed by atoms with Crippen LogP contribution in [0.2, 0.25) is 5.02 Å². The third-order valence-electron chi connectivity index (χ3n) is 3.31. The van der Waals surface area contributed by atoms with Gasteiger partial charge in [-0.25, -0.2) is 0 Å². The van der Waals surface area contributed by atoms with Crippen LogP contribution in [-0.4, -0.2) is 6.54 Å². The fourth-order valence-electron chi connectivity index (χ4n) is 2.17. The van der Waals surface area contributed by atoms with Crippen LogP contribution < -0.4 is 5.73 Å². The molecular weight excluding hydrogens is 202 g/mol. The van der Waals surface area contributed by atoms with Gasteiger partial charge in [0.15, 0.2) is 0 Å². The molecular formula is C10H14ClNS. The van der Waals surface area contributed by atoms with E-state index in [1.165, 1.54) is 4.88 Å². The predicted octanol–water partition coefficient (Wildman–Crippen LogP) is 3.03. The lowest BCUT2D eigenvalue weighted by Gasteiger charge is -2.17. The number of hydrogen-bond acceptors (Lipinski definition) is 2. The molecule has 1 fully saturated rings. The highest BCUT2D eigenvalue weighted by Crippen LogP contribution is 2.65. The minimum Gasteiger partial charge on any atom is -0.330 e. The van der Waals surface area contributed by atoms with Gasteiger partial charge in [0, 0.05) is 16.8 Å². The third kappa shape index (κ3) is 1.16. The molecule has 2 N–H and O–H groups in total. The van der Waals surface area contributed by atoms with E-state index in [-0.39, 0.29) is 5.41 Å². The van der Waals surface area contributed by atoms with Crippen LogP contribution in [0.1, 0.15) is 25.1 Å². The summed E-state index contributed by atoms with van der Waals surface area (Å²) in [5.41, 5.74) is 6.35. The van der Waals surface area contributed by atoms with Crippen LogP contribution >= 0.6 is 22.9 Å². The minimum atomic E-state index is 0.165. The Morgan fingerprint density at radius 2 is 2.23 bits per heavy atom. The van der Waals surface area contributed by atoms with Crippen molar-refractivity contribution in [1.29, 1.82) is 0 Å². The summed E-state index contributed by atoms with van der Waals surface area (Å²) in [7, 11) is 0. The summed E-state index contributed by atoms with van der Waals surface area (Å²) in [6.07, 6.45) is 1.16. The first kappa shape index (κ1) is 9.50. The standard InChI is InChI=1S/C10H14ClNS/c1-9(2)5-10(9,6-12)8-7(11)3-4-13-8/h3-4H,5-6,12H2,1-2H3. The van der Waals surface area contributed by atoms with Gasteiger partial charge < -0.3 is 5.73 Å². The molecule has 1 aromatic rings. The molecule has 1 aliphatic carbocycles. The van der Waals surface area contributed by atoms with Crippen molar-refractivity contribution in [2.45, 2.75) is 25.7 Å². The van der Waals surface area contributed by atoms with Gasteiger partial charge in [-0.05, 0) is 23.3 Å². The highest BCUT2D eigenvalue weighted by molar-refractivity contribution is 7.10. The maximum atomic E-state index is 6.13. The average molecular weight is 216 g/mol. The van der Waals surface area contributed by atoms with E-state index in [1.807, 2.05) is 11.4 Å². The Balaban J connectivity index is 2.41. The molecule has 1 saturated carbocycles. The Hall–Kier alpha value is -0.0500. The van der Waals surface area contributed by atoms with Crippen molar-refractivity contribution in [3.05, 3.63) is 21.3 Å². The van der Waals surface area contributed by atoms with Crippen molar-refractivity contribution in [3.63, 3.8) is 0 Å². The molecule has 1 atom stereocenters. The predicted molar refractivity (Wildman–Crippen MR) is 58.5 cm³/mol. The van der Waals surface area contributed by atoms with E-state index in [4.69, 9.17) is 17.3 Å². The maximum absolute atomic E-state index is 6.13. The number of nitrogens with two attached hydrogens (primary N) is 1. The highest BCUT2D eigenvalue weighted by atomic mass is 35.5. The molecule has 0 aromatic carbocycles. The fraction of sp³-hybridized carbons (Fsp3) is 0.600. The first-order chi connectivity index (χ1) is 6.03. The second-order valence-electron chi connectivity index (χ2n) is 4.44. The Kier molecular flexibility index (Phi) is 1.99. The molecule has 1 aromatic heterocycles. The van der Waals surface area contributed by atoms with Crippen LogP contribution in [0.4, 0.5) is 0 Å². The molecule has 72 valence electrons. The van der Waals surface area contributed by atoms with Gasteiger partial charge in [0.1, 0.15) is 0 Å². The van der Waals surface area contributed by atoms with Crippen LogP contribution in [-0.2, 0) is 5.41 Å². The van der Waals surface area contributed by atoms with Crippen molar-refractivity contribution in [2.75, 3.05) is 6.54 Å². The summed E-state index contributed by atoms with van der Waals surface area (Å²) in [6.45, 7) is 5.23. The van der Waals surface area contributed by atoms with Gasteiger partial charge in [-0.15, -0.1) is 11.3 Å². The van der Waals surface area contributed by atoms with Gasteiger partial charge in [0.25, 0.3) is 0 Å². The summed E-state index contributed by atoms with van der Waals surface area (Å²) < 4.78 is 0. The van der Waals surface area contributed by atoms with Crippen LogP contribution in [0.25, 0.3) is 0 Å². The van der Waals surface area contributed by atoms with Gasteiger partial charge in [-0.3, -0.25) is 0 Å². The zero-order valence-corrected chi connectivity index (χ0v) is 9.50. The first-order valence-corrected chi connectivity index (χ1v) is 5.73. The van der Waals surface area contributed by atoms with Gasteiger partial charge in [-0.2, -0.15) is 0 Å². The molecule has 0 saturated heterocycles. The van der Waals surface area contributed by atoms with E-state index in [1.54, 1.807) is 11.3 Å². The average Bonchev–Trinajstić information content (AvgIpc) is 2.43. The SMILES string of the molecule is CC1(C)CC1(CN)c1sccc1Cl. The molecule has 1 nitrogen and oxygen atoms in total. The smallest absolute Gasteiger partial charge is 0.0551 e. The summed E-state index contributed by atoms with van der Waals surface area (Å²) >= 11 is 7.86. The summed E-state index contributed by atoms with van der Waals surface area (Å²) in [5, 5.41) is 2.93. The number of hydrogen-bond donors (Lipinski definition) is 1. The van der Waals surface area contributed by atoms with E-state index in [9.17, 15) is 0 Å². The lowest BCUT2D eigenvalue weighted by molar-refractivity contribution is 0.509. The number of rotatable bonds is 2. The lowest BCUT2D eigenvalue weighted by Crippen LogP contribution is -2.24. The zero-order valence-electron chi connectivity index (χ0n) is 7.93. The molecule has 0 spiro atoms. The van der Waals surface area contributed by atoms with Crippen molar-refractivity contribution in [1.82, 2.24) is 0 Å². The first-order valence-electron chi connectivity index (χ1n) is 4.47. The summed E-state index contributed by atoms with van der Waals surface area (Å²) in [5.74, 6) is 0.